The zero-order valence-electron chi connectivity index (χ0n) is 52.0. The largest absolute Gasteiger partial charge is 0.334 e. The molecule has 86 heavy (non-hydrogen) atoms. The second-order valence-electron chi connectivity index (χ2n) is 29.2. The number of nitrogens with zero attached hydrogens (tertiary/aromatic N) is 4. The second-order valence-corrected chi connectivity index (χ2v) is 32.9. The normalized spacial score (nSPS) is 19.0. The molecule has 0 aromatic heterocycles. The Kier molecular flexibility index (Phi) is 11.4. The van der Waals surface area contributed by atoms with Crippen LogP contribution in [-0.2, 0) is 21.7 Å². The van der Waals surface area contributed by atoms with Gasteiger partial charge >= 0.3 is 0 Å². The van der Waals surface area contributed by atoms with Crippen LogP contribution in [0.1, 0.15) is 124 Å². The molecule has 1 aliphatic carbocycles. The van der Waals surface area contributed by atoms with Gasteiger partial charge in [-0.05, 0) is 179 Å². The smallest absolute Gasteiger partial charge is 0.252 e. The molecule has 5 heterocycles. The van der Waals surface area contributed by atoms with Gasteiger partial charge in [0.25, 0.3) is 6.71 Å². The third-order valence-corrected chi connectivity index (χ3v) is 26.4. The van der Waals surface area contributed by atoms with Crippen LogP contribution in [0, 0.1) is 0 Å². The molecule has 10 aromatic rings. The molecule has 6 heteroatoms. The van der Waals surface area contributed by atoms with E-state index in [1.165, 1.54) is 130 Å². The van der Waals surface area contributed by atoms with Gasteiger partial charge in [-0.25, -0.2) is 0 Å². The van der Waals surface area contributed by atoms with Gasteiger partial charge in [-0.15, -0.1) is 0 Å². The van der Waals surface area contributed by atoms with Crippen molar-refractivity contribution in [3.8, 4) is 11.1 Å². The Morgan fingerprint density at radius 2 is 0.907 bits per heavy atom. The molecule has 0 amide bonds. The molecular weight excluding hydrogens is 1060 g/mol. The van der Waals surface area contributed by atoms with Crippen molar-refractivity contribution in [1.82, 2.24) is 0 Å². The molecule has 2 unspecified atom stereocenters. The fourth-order valence-electron chi connectivity index (χ4n) is 16.9. The van der Waals surface area contributed by atoms with Crippen LogP contribution < -0.4 is 56.7 Å². The number of hydrogen-bond donors (Lipinski definition) is 0. The SMILES string of the molecule is CC(C)(C)c1ccc(N(c2ccc(C(C)(C)C)cc2)c2cc3c4c(c2)N2c5ccccc5[Si]5(c6ccccc6-c6ccccc65)c5cccc(c52)B4c2ccc(N4c5ccccc5C5(C)CCCCC45C)cc2N3c2ccc(C(C)(C)C)cc2)cc1. The summed E-state index contributed by atoms with van der Waals surface area (Å²) in [7, 11) is -2.94. The van der Waals surface area contributed by atoms with Gasteiger partial charge in [0, 0.05) is 62.3 Å². The molecule has 1 spiro atoms. The molecule has 424 valence electrons. The van der Waals surface area contributed by atoms with Gasteiger partial charge in [-0.2, -0.15) is 0 Å². The summed E-state index contributed by atoms with van der Waals surface area (Å²) in [4.78, 5) is 10.7. The van der Waals surface area contributed by atoms with E-state index in [0.29, 0.717) is 0 Å². The molecule has 1 saturated carbocycles. The summed E-state index contributed by atoms with van der Waals surface area (Å²) in [5.41, 5.74) is 25.5. The average Bonchev–Trinajstić information content (AvgIpc) is 1.17. The summed E-state index contributed by atoms with van der Waals surface area (Å²) in [6.45, 7) is 25.9. The third kappa shape index (κ3) is 7.29. The lowest BCUT2D eigenvalue weighted by Crippen LogP contribution is -2.77. The lowest BCUT2D eigenvalue weighted by Gasteiger charge is -2.51. The molecule has 2 atom stereocenters. The van der Waals surface area contributed by atoms with Crippen molar-refractivity contribution in [3.63, 3.8) is 0 Å². The van der Waals surface area contributed by atoms with Crippen molar-refractivity contribution >= 4 is 114 Å². The first-order valence-corrected chi connectivity index (χ1v) is 33.7. The summed E-state index contributed by atoms with van der Waals surface area (Å²) in [6, 6.07) is 86.4. The van der Waals surface area contributed by atoms with E-state index in [2.05, 4.69) is 314 Å². The van der Waals surface area contributed by atoms with E-state index in [1.807, 2.05) is 0 Å². The van der Waals surface area contributed by atoms with Gasteiger partial charge in [-0.1, -0.05) is 228 Å². The Bertz CT molecular complexity index is 4320. The monoisotopic (exact) mass is 1130 g/mol. The highest BCUT2D eigenvalue weighted by Gasteiger charge is 2.59. The van der Waals surface area contributed by atoms with Crippen molar-refractivity contribution < 1.29 is 0 Å². The first-order chi connectivity index (χ1) is 41.3. The number of hydrogen-bond acceptors (Lipinski definition) is 4. The van der Waals surface area contributed by atoms with E-state index in [0.717, 1.165) is 29.2 Å². The standard InChI is InChI=1S/C80H77BN4Si/c1-76(2,3)52-33-39-55(40-34-52)82(56-41-35-53(36-42-56)77(4,5)6)59-50-68-74-69(51-59)84-66-28-16-19-31-72(66)86(70-29-17-12-23-60(70)61-24-13-18-30-71(61)86)73-32-22-26-64(75(73)84)81(74)63-46-45-58(49-67(63)83(68)57-43-37-54(38-44-57)78(7,8)9)85-65-27-15-14-25-62(65)79(10)47-20-21-48-80(79,85)11/h12-19,22-46,49-51H,20-21,47-48H2,1-11H3. The van der Waals surface area contributed by atoms with Gasteiger partial charge < -0.3 is 19.6 Å². The van der Waals surface area contributed by atoms with E-state index in [1.54, 1.807) is 0 Å². The summed E-state index contributed by atoms with van der Waals surface area (Å²) >= 11 is 0. The minimum absolute atomic E-state index is 0.00401. The van der Waals surface area contributed by atoms with Gasteiger partial charge in [0.2, 0.25) is 0 Å². The molecule has 16 rings (SSSR count). The molecule has 0 N–H and O–H groups in total. The Morgan fingerprint density at radius 3 is 1.51 bits per heavy atom. The van der Waals surface area contributed by atoms with Crippen molar-refractivity contribution in [2.75, 3.05) is 19.6 Å². The molecule has 1 fully saturated rings. The number of benzene rings is 10. The highest BCUT2D eigenvalue weighted by molar-refractivity contribution is 7.24. The van der Waals surface area contributed by atoms with Gasteiger partial charge in [0.1, 0.15) is 0 Å². The van der Waals surface area contributed by atoms with Gasteiger partial charge in [-0.3, -0.25) is 0 Å². The Morgan fingerprint density at radius 1 is 0.407 bits per heavy atom. The summed E-state index contributed by atoms with van der Waals surface area (Å²) < 4.78 is 0. The Hall–Kier alpha value is -8.32. The number of para-hydroxylation sites is 3. The topological polar surface area (TPSA) is 13.0 Å². The lowest BCUT2D eigenvalue weighted by molar-refractivity contribution is 0.195. The molecule has 0 saturated heterocycles. The average molecular weight is 1130 g/mol. The first kappa shape index (κ1) is 53.2. The molecule has 10 aromatic carbocycles. The molecule has 0 radical (unpaired) electrons. The van der Waals surface area contributed by atoms with E-state index in [9.17, 15) is 0 Å². The maximum atomic E-state index is 2.78. The van der Waals surface area contributed by atoms with Crippen LogP contribution in [0.25, 0.3) is 11.1 Å². The minimum atomic E-state index is -2.94. The predicted molar refractivity (Wildman–Crippen MR) is 370 cm³/mol. The Balaban J connectivity index is 1.03. The van der Waals surface area contributed by atoms with Crippen LogP contribution in [0.2, 0.25) is 0 Å². The van der Waals surface area contributed by atoms with E-state index in [-0.39, 0.29) is 33.9 Å². The zero-order chi connectivity index (χ0) is 59.0. The van der Waals surface area contributed by atoms with Gasteiger partial charge in [0.05, 0.1) is 11.2 Å². The van der Waals surface area contributed by atoms with E-state index >= 15 is 0 Å². The maximum absolute atomic E-state index is 2.94. The predicted octanol–water partition coefficient (Wildman–Crippen LogP) is 16.5. The number of fused-ring (bicyclic) bond motifs is 16. The summed E-state index contributed by atoms with van der Waals surface area (Å²) in [6.07, 6.45) is 4.80. The zero-order valence-corrected chi connectivity index (χ0v) is 53.0. The lowest BCUT2D eigenvalue weighted by atomic mass is 9.33. The van der Waals surface area contributed by atoms with Crippen LogP contribution >= 0.6 is 0 Å². The van der Waals surface area contributed by atoms with E-state index in [4.69, 9.17) is 0 Å². The van der Waals surface area contributed by atoms with Crippen LogP contribution in [0.4, 0.5) is 62.6 Å². The number of rotatable bonds is 5. The van der Waals surface area contributed by atoms with Gasteiger partial charge in [0.15, 0.2) is 8.07 Å². The van der Waals surface area contributed by atoms with Crippen LogP contribution in [0.3, 0.4) is 0 Å². The van der Waals surface area contributed by atoms with Crippen molar-refractivity contribution in [3.05, 3.63) is 241 Å². The van der Waals surface area contributed by atoms with Crippen LogP contribution in [-0.4, -0.2) is 20.3 Å². The fourth-order valence-corrected chi connectivity index (χ4v) is 22.5. The molecule has 0 bridgehead atoms. The quantitative estimate of drug-likeness (QED) is 0.159. The fraction of sp³-hybridized carbons (Fsp3) is 0.250. The first-order valence-electron chi connectivity index (χ1n) is 31.7. The second kappa shape index (κ2) is 18.4. The van der Waals surface area contributed by atoms with Crippen molar-refractivity contribution in [1.29, 1.82) is 0 Å². The van der Waals surface area contributed by atoms with Crippen molar-refractivity contribution in [2.45, 2.75) is 129 Å². The van der Waals surface area contributed by atoms with Crippen LogP contribution in [0.15, 0.2) is 218 Å². The van der Waals surface area contributed by atoms with E-state index < -0.39 is 8.07 Å². The Labute approximate surface area is 511 Å². The van der Waals surface area contributed by atoms with Crippen molar-refractivity contribution in [2.24, 2.45) is 0 Å². The molecular formula is C80H77BN4Si. The molecule has 5 aliphatic heterocycles. The molecule has 6 aliphatic rings. The number of anilines is 11. The summed E-state index contributed by atoms with van der Waals surface area (Å²) in [5.74, 6) is 0. The molecule has 4 nitrogen and oxygen atoms in total. The highest BCUT2D eigenvalue weighted by atomic mass is 28.3. The maximum Gasteiger partial charge on any atom is 0.252 e. The minimum Gasteiger partial charge on any atom is -0.334 e. The highest BCUT2D eigenvalue weighted by Crippen LogP contribution is 2.61. The third-order valence-electron chi connectivity index (χ3n) is 21.5. The van der Waals surface area contributed by atoms with Crippen LogP contribution in [0.5, 0.6) is 0 Å². The summed E-state index contributed by atoms with van der Waals surface area (Å²) in [5, 5.41) is 5.88.